The molecule has 0 fully saturated rings. The molecule has 10 heteroatoms. The van der Waals surface area contributed by atoms with E-state index in [1.807, 2.05) is 32.0 Å². The summed E-state index contributed by atoms with van der Waals surface area (Å²) in [6.07, 6.45) is 0. The van der Waals surface area contributed by atoms with Gasteiger partial charge in [-0.2, -0.15) is 0 Å². The summed E-state index contributed by atoms with van der Waals surface area (Å²) in [6.45, 7) is 3.55. The molecule has 0 atom stereocenters. The third-order valence-corrected chi connectivity index (χ3v) is 4.29. The molecule has 1 amide bonds. The Morgan fingerprint density at radius 2 is 1.47 bits per heavy atom. The van der Waals surface area contributed by atoms with Crippen molar-refractivity contribution in [3.63, 3.8) is 0 Å². The summed E-state index contributed by atoms with van der Waals surface area (Å²) in [4.78, 5) is 32.5. The zero-order chi connectivity index (χ0) is 23.3. The van der Waals surface area contributed by atoms with Crippen LogP contribution in [0.2, 0.25) is 0 Å². The number of carbonyl (C=O) groups is 1. The van der Waals surface area contributed by atoms with E-state index in [1.54, 1.807) is 24.3 Å². The Kier molecular flexibility index (Phi) is 6.64. The number of hydrogen-bond acceptors (Lipinski definition) is 7. The average Bonchev–Trinajstić information content (AvgIpc) is 2.72. The number of benzene rings is 3. The molecule has 32 heavy (non-hydrogen) atoms. The van der Waals surface area contributed by atoms with Crippen molar-refractivity contribution in [3.8, 4) is 17.2 Å². The summed E-state index contributed by atoms with van der Waals surface area (Å²) in [6, 6.07) is 15.5. The Balaban J connectivity index is 1.59. The summed E-state index contributed by atoms with van der Waals surface area (Å²) in [7, 11) is 0. The van der Waals surface area contributed by atoms with E-state index in [9.17, 15) is 25.0 Å². The molecule has 3 rings (SSSR count). The summed E-state index contributed by atoms with van der Waals surface area (Å²) in [5.41, 5.74) is 0.972. The van der Waals surface area contributed by atoms with E-state index in [4.69, 9.17) is 9.47 Å². The average molecular weight is 437 g/mol. The number of nitrogens with zero attached hydrogens (tertiary/aromatic N) is 2. The summed E-state index contributed by atoms with van der Waals surface area (Å²) in [5.74, 6) is 1.04. The number of non-ortho nitro benzene ring substituents is 1. The van der Waals surface area contributed by atoms with Crippen LogP contribution in [0.4, 0.5) is 17.1 Å². The first-order chi connectivity index (χ1) is 15.2. The highest BCUT2D eigenvalue weighted by atomic mass is 16.6. The maximum absolute atomic E-state index is 12.1. The second-order valence-corrected chi connectivity index (χ2v) is 6.95. The van der Waals surface area contributed by atoms with Gasteiger partial charge in [-0.1, -0.05) is 6.07 Å². The van der Waals surface area contributed by atoms with Gasteiger partial charge in [-0.3, -0.25) is 25.0 Å². The minimum Gasteiger partial charge on any atom is -0.484 e. The SMILES string of the molecule is Cc1cc(C)cc(Oc2ccc(OCC(=O)Nc3ccc([N+](=O)[O-])cc3[N+](=O)[O-])cc2)c1. The van der Waals surface area contributed by atoms with Gasteiger partial charge in [0, 0.05) is 6.07 Å². The predicted octanol–water partition coefficient (Wildman–Crippen LogP) is 4.93. The van der Waals surface area contributed by atoms with Crippen LogP contribution in [0.25, 0.3) is 0 Å². The fourth-order valence-corrected chi connectivity index (χ4v) is 2.96. The third kappa shape index (κ3) is 5.79. The highest BCUT2D eigenvalue weighted by molar-refractivity contribution is 5.94. The maximum Gasteiger partial charge on any atom is 0.299 e. The number of nitrogens with one attached hydrogen (secondary N) is 1. The lowest BCUT2D eigenvalue weighted by atomic mass is 10.1. The fourth-order valence-electron chi connectivity index (χ4n) is 2.96. The van der Waals surface area contributed by atoms with Gasteiger partial charge in [0.2, 0.25) is 0 Å². The van der Waals surface area contributed by atoms with Gasteiger partial charge in [0.25, 0.3) is 17.3 Å². The van der Waals surface area contributed by atoms with Crippen molar-refractivity contribution < 1.29 is 24.1 Å². The summed E-state index contributed by atoms with van der Waals surface area (Å²) >= 11 is 0. The predicted molar refractivity (Wildman–Crippen MR) is 116 cm³/mol. The molecule has 0 unspecified atom stereocenters. The van der Waals surface area contributed by atoms with Crippen LogP contribution < -0.4 is 14.8 Å². The first kappa shape index (κ1) is 22.2. The lowest BCUT2D eigenvalue weighted by Crippen LogP contribution is -2.20. The van der Waals surface area contributed by atoms with E-state index in [2.05, 4.69) is 5.32 Å². The van der Waals surface area contributed by atoms with Crippen LogP contribution in [-0.4, -0.2) is 22.4 Å². The second kappa shape index (κ2) is 9.56. The monoisotopic (exact) mass is 437 g/mol. The highest BCUT2D eigenvalue weighted by Crippen LogP contribution is 2.29. The number of ether oxygens (including phenoxy) is 2. The number of anilines is 1. The quantitative estimate of drug-likeness (QED) is 0.390. The number of nitro benzene ring substituents is 2. The Labute approximate surface area is 182 Å². The van der Waals surface area contributed by atoms with E-state index < -0.39 is 33.7 Å². The molecule has 164 valence electrons. The molecule has 0 radical (unpaired) electrons. The smallest absolute Gasteiger partial charge is 0.299 e. The van der Waals surface area contributed by atoms with Crippen LogP contribution in [0.3, 0.4) is 0 Å². The largest absolute Gasteiger partial charge is 0.484 e. The van der Waals surface area contributed by atoms with E-state index >= 15 is 0 Å². The topological polar surface area (TPSA) is 134 Å². The van der Waals surface area contributed by atoms with E-state index in [0.29, 0.717) is 17.2 Å². The van der Waals surface area contributed by atoms with Gasteiger partial charge in [-0.15, -0.1) is 0 Å². The molecule has 3 aromatic rings. The van der Waals surface area contributed by atoms with Crippen LogP contribution in [0.15, 0.2) is 60.7 Å². The third-order valence-electron chi connectivity index (χ3n) is 4.29. The van der Waals surface area contributed by atoms with Gasteiger partial charge in [-0.25, -0.2) is 0 Å². The van der Waals surface area contributed by atoms with Gasteiger partial charge >= 0.3 is 0 Å². The lowest BCUT2D eigenvalue weighted by molar-refractivity contribution is -0.393. The van der Waals surface area contributed by atoms with Gasteiger partial charge in [0.15, 0.2) is 6.61 Å². The number of amides is 1. The van der Waals surface area contributed by atoms with Crippen molar-refractivity contribution in [2.45, 2.75) is 13.8 Å². The lowest BCUT2D eigenvalue weighted by Gasteiger charge is -2.10. The molecule has 10 nitrogen and oxygen atoms in total. The Morgan fingerprint density at radius 3 is 2.06 bits per heavy atom. The molecule has 1 N–H and O–H groups in total. The molecule has 3 aromatic carbocycles. The maximum atomic E-state index is 12.1. The van der Waals surface area contributed by atoms with Gasteiger partial charge in [-0.05, 0) is 67.4 Å². The standard InChI is InChI=1S/C22H19N3O7/c1-14-9-15(2)11-19(10-14)32-18-6-4-17(5-7-18)31-13-22(26)23-20-8-3-16(24(27)28)12-21(20)25(29)30/h3-12H,13H2,1-2H3,(H,23,26). The number of nitro groups is 2. The van der Waals surface area contributed by atoms with Crippen molar-refractivity contribution in [2.24, 2.45) is 0 Å². The molecular formula is C22H19N3O7. The highest BCUT2D eigenvalue weighted by Gasteiger charge is 2.21. The molecule has 0 aliphatic heterocycles. The molecule has 0 bridgehead atoms. The van der Waals surface area contributed by atoms with E-state index in [-0.39, 0.29) is 5.69 Å². The first-order valence-electron chi connectivity index (χ1n) is 9.43. The number of aryl methyl sites for hydroxylation is 2. The van der Waals surface area contributed by atoms with Crippen molar-refractivity contribution in [3.05, 3.63) is 92.0 Å². The van der Waals surface area contributed by atoms with Crippen LogP contribution >= 0.6 is 0 Å². The molecule has 0 spiro atoms. The normalized spacial score (nSPS) is 10.3. The van der Waals surface area contributed by atoms with Crippen LogP contribution in [-0.2, 0) is 4.79 Å². The van der Waals surface area contributed by atoms with E-state index in [1.165, 1.54) is 0 Å². The number of hydrogen-bond donors (Lipinski definition) is 1. The number of carbonyl (C=O) groups excluding carboxylic acids is 1. The summed E-state index contributed by atoms with van der Waals surface area (Å²) < 4.78 is 11.2. The second-order valence-electron chi connectivity index (χ2n) is 6.95. The van der Waals surface area contributed by atoms with Crippen LogP contribution in [0.1, 0.15) is 11.1 Å². The fraction of sp³-hybridized carbons (Fsp3) is 0.136. The van der Waals surface area contributed by atoms with Crippen molar-refractivity contribution in [2.75, 3.05) is 11.9 Å². The van der Waals surface area contributed by atoms with Crippen LogP contribution in [0.5, 0.6) is 17.2 Å². The zero-order valence-electron chi connectivity index (χ0n) is 17.2. The first-order valence-corrected chi connectivity index (χ1v) is 9.43. The molecule has 0 saturated carbocycles. The Hall–Kier alpha value is -4.47. The minimum atomic E-state index is -0.808. The Morgan fingerprint density at radius 1 is 0.844 bits per heavy atom. The van der Waals surface area contributed by atoms with Gasteiger partial charge in [0.1, 0.15) is 22.9 Å². The van der Waals surface area contributed by atoms with Crippen molar-refractivity contribution in [1.29, 1.82) is 0 Å². The molecule has 0 heterocycles. The van der Waals surface area contributed by atoms with Gasteiger partial charge < -0.3 is 14.8 Å². The van der Waals surface area contributed by atoms with Crippen molar-refractivity contribution >= 4 is 23.0 Å². The molecule has 0 saturated heterocycles. The zero-order valence-corrected chi connectivity index (χ0v) is 17.2. The molecular weight excluding hydrogens is 418 g/mol. The summed E-state index contributed by atoms with van der Waals surface area (Å²) in [5, 5.41) is 24.3. The molecule has 0 aliphatic rings. The molecule has 0 aliphatic carbocycles. The number of rotatable bonds is 8. The Bertz CT molecular complexity index is 1160. The van der Waals surface area contributed by atoms with Crippen molar-refractivity contribution in [1.82, 2.24) is 0 Å². The van der Waals surface area contributed by atoms with Crippen LogP contribution in [0, 0.1) is 34.1 Å². The molecule has 0 aromatic heterocycles. The van der Waals surface area contributed by atoms with Gasteiger partial charge in [0.05, 0.1) is 15.9 Å². The van der Waals surface area contributed by atoms with E-state index in [0.717, 1.165) is 29.3 Å². The minimum absolute atomic E-state index is 0.161.